The van der Waals surface area contributed by atoms with E-state index in [1.54, 1.807) is 38.5 Å². The maximum absolute atomic E-state index is 12.3. The van der Waals surface area contributed by atoms with Crippen LogP contribution in [0.15, 0.2) is 24.3 Å². The molecular formula is C46H86N4O16. The molecule has 0 unspecified atom stereocenters. The van der Waals surface area contributed by atoms with E-state index in [2.05, 4.69) is 21.3 Å². The first-order chi connectivity index (χ1) is 32.7. The van der Waals surface area contributed by atoms with Crippen molar-refractivity contribution in [2.24, 2.45) is 0 Å². The predicted molar refractivity (Wildman–Crippen MR) is 251 cm³/mol. The van der Waals surface area contributed by atoms with Crippen LogP contribution in [0.3, 0.4) is 0 Å². The Balaban J connectivity index is 1.81. The number of carbonyl (C=O) groups is 2. The molecule has 20 heteroatoms. The van der Waals surface area contributed by atoms with Crippen molar-refractivity contribution in [2.45, 2.75) is 51.4 Å². The molecule has 0 saturated heterocycles. The molecule has 0 aliphatic carbocycles. The summed E-state index contributed by atoms with van der Waals surface area (Å²) in [5.74, 6) is 0. The second-order valence-electron chi connectivity index (χ2n) is 14.5. The van der Waals surface area contributed by atoms with Crippen LogP contribution in [-0.4, -0.2) is 211 Å². The summed E-state index contributed by atoms with van der Waals surface area (Å²) in [6.07, 6.45) is 7.71. The number of benzene rings is 1. The summed E-state index contributed by atoms with van der Waals surface area (Å²) in [7, 11) is 3.29. The van der Waals surface area contributed by atoms with Crippen molar-refractivity contribution in [2.75, 3.05) is 210 Å². The summed E-state index contributed by atoms with van der Waals surface area (Å²) in [5, 5.41) is 11.4. The smallest absolute Gasteiger partial charge is 0.319 e. The molecule has 1 aromatic carbocycles. The van der Waals surface area contributed by atoms with E-state index in [1.165, 1.54) is 0 Å². The van der Waals surface area contributed by atoms with Crippen LogP contribution in [0.2, 0.25) is 0 Å². The van der Waals surface area contributed by atoms with E-state index in [1.807, 2.05) is 0 Å². The lowest BCUT2D eigenvalue weighted by atomic mass is 10.2. The second kappa shape index (κ2) is 51.6. The highest BCUT2D eigenvalue weighted by atomic mass is 16.6. The molecule has 0 bridgehead atoms. The Hall–Kier alpha value is -2.80. The molecule has 0 saturated carbocycles. The highest BCUT2D eigenvalue weighted by Crippen LogP contribution is 2.13. The van der Waals surface area contributed by atoms with Gasteiger partial charge in [0, 0.05) is 51.9 Å². The second-order valence-corrected chi connectivity index (χ2v) is 14.5. The molecule has 66 heavy (non-hydrogen) atoms. The minimum Gasteiger partial charge on any atom is -0.382 e. The number of hydrogen-bond acceptors (Lipinski definition) is 16. The number of anilines is 2. The molecule has 1 rings (SSSR count). The molecule has 0 atom stereocenters. The average Bonchev–Trinajstić information content (AvgIpc) is 3.32. The number of rotatable bonds is 52. The van der Waals surface area contributed by atoms with E-state index in [4.69, 9.17) is 66.3 Å². The monoisotopic (exact) mass is 951 g/mol. The molecule has 0 aliphatic heterocycles. The fourth-order valence-electron chi connectivity index (χ4n) is 5.44. The van der Waals surface area contributed by atoms with Crippen molar-refractivity contribution < 1.29 is 75.9 Å². The van der Waals surface area contributed by atoms with E-state index >= 15 is 0 Å². The normalized spacial score (nSPS) is 11.3. The van der Waals surface area contributed by atoms with Gasteiger partial charge in [-0.3, -0.25) is 0 Å². The van der Waals surface area contributed by atoms with Crippen LogP contribution in [0.25, 0.3) is 0 Å². The molecule has 0 spiro atoms. The SMILES string of the molecule is COCCOCCOCCOCCOCCOCCOCCCCCCNC(=O)Nc1ccc(NC(=O)NCCCCCCOCCOCCOCCOCCOCCOCCOC)cc1. The third-order valence-electron chi connectivity index (χ3n) is 8.99. The maximum atomic E-state index is 12.3. The zero-order chi connectivity index (χ0) is 47.3. The van der Waals surface area contributed by atoms with E-state index in [0.29, 0.717) is 196 Å². The first-order valence-corrected chi connectivity index (χ1v) is 23.8. The van der Waals surface area contributed by atoms with E-state index in [0.717, 1.165) is 51.4 Å². The van der Waals surface area contributed by atoms with Crippen LogP contribution < -0.4 is 21.3 Å². The van der Waals surface area contributed by atoms with Gasteiger partial charge < -0.3 is 87.6 Å². The summed E-state index contributed by atoms with van der Waals surface area (Å²) < 4.78 is 75.5. The molecule has 0 heterocycles. The summed E-state index contributed by atoms with van der Waals surface area (Å²) in [4.78, 5) is 24.6. The Morgan fingerprint density at radius 2 is 0.515 bits per heavy atom. The van der Waals surface area contributed by atoms with E-state index in [-0.39, 0.29) is 12.1 Å². The van der Waals surface area contributed by atoms with Crippen molar-refractivity contribution >= 4 is 23.4 Å². The Kier molecular flexibility index (Phi) is 47.8. The first kappa shape index (κ1) is 61.2. The lowest BCUT2D eigenvalue weighted by Crippen LogP contribution is -2.30. The van der Waals surface area contributed by atoms with Gasteiger partial charge in [0.15, 0.2) is 0 Å². The van der Waals surface area contributed by atoms with Gasteiger partial charge in [-0.25, -0.2) is 9.59 Å². The average molecular weight is 951 g/mol. The minimum absolute atomic E-state index is 0.264. The molecule has 20 nitrogen and oxygen atoms in total. The Morgan fingerprint density at radius 1 is 0.303 bits per heavy atom. The van der Waals surface area contributed by atoms with Crippen LogP contribution in [0.4, 0.5) is 21.0 Å². The van der Waals surface area contributed by atoms with Gasteiger partial charge in [-0.05, 0) is 49.9 Å². The van der Waals surface area contributed by atoms with Gasteiger partial charge in [-0.1, -0.05) is 25.7 Å². The Labute approximate surface area is 394 Å². The van der Waals surface area contributed by atoms with Crippen molar-refractivity contribution in [3.63, 3.8) is 0 Å². The molecule has 4 N–H and O–H groups in total. The summed E-state index contributed by atoms with van der Waals surface area (Å²) in [5.41, 5.74) is 1.28. The number of carbonyl (C=O) groups excluding carboxylic acids is 2. The van der Waals surface area contributed by atoms with Crippen LogP contribution >= 0.6 is 0 Å². The lowest BCUT2D eigenvalue weighted by Gasteiger charge is -2.10. The maximum Gasteiger partial charge on any atom is 0.319 e. The lowest BCUT2D eigenvalue weighted by molar-refractivity contribution is -0.0191. The number of nitrogens with one attached hydrogen (secondary N) is 4. The highest BCUT2D eigenvalue weighted by molar-refractivity contribution is 5.91. The summed E-state index contributed by atoms with van der Waals surface area (Å²) in [6, 6.07) is 6.48. The standard InChI is InChI=1S/C46H86N4O16/c1-53-19-21-57-27-29-61-35-37-65-41-39-63-33-31-59-25-23-55-17-9-5-3-7-15-47-45(51)49-43-11-13-44(14-12-43)50-46(52)48-16-8-4-6-10-18-56-24-26-60-32-34-64-40-42-66-38-36-62-30-28-58-22-20-54-2/h11-14H,3-10,15-42H2,1-2H3,(H2,47,49,51)(H2,48,50,52). The summed E-state index contributed by atoms with van der Waals surface area (Å²) >= 11 is 0. The molecular weight excluding hydrogens is 865 g/mol. The number of amides is 4. The number of urea groups is 2. The van der Waals surface area contributed by atoms with Gasteiger partial charge in [0.25, 0.3) is 0 Å². The largest absolute Gasteiger partial charge is 0.382 e. The quantitative estimate of drug-likeness (QED) is 0.0661. The van der Waals surface area contributed by atoms with Gasteiger partial charge in [0.1, 0.15) is 0 Å². The third-order valence-corrected chi connectivity index (χ3v) is 8.99. The number of unbranched alkanes of at least 4 members (excludes halogenated alkanes) is 6. The fraction of sp³-hybridized carbons (Fsp3) is 0.826. The number of ether oxygens (including phenoxy) is 14. The third kappa shape index (κ3) is 46.3. The topological polar surface area (TPSA) is 211 Å². The van der Waals surface area contributed by atoms with Crippen LogP contribution in [0.1, 0.15) is 51.4 Å². The first-order valence-electron chi connectivity index (χ1n) is 23.8. The van der Waals surface area contributed by atoms with E-state index < -0.39 is 0 Å². The van der Waals surface area contributed by atoms with Crippen molar-refractivity contribution in [1.82, 2.24) is 10.6 Å². The van der Waals surface area contributed by atoms with Crippen molar-refractivity contribution in [1.29, 1.82) is 0 Å². The van der Waals surface area contributed by atoms with Crippen molar-refractivity contribution in [3.8, 4) is 0 Å². The minimum atomic E-state index is -0.264. The van der Waals surface area contributed by atoms with Gasteiger partial charge in [0.05, 0.1) is 159 Å². The molecule has 4 amide bonds. The van der Waals surface area contributed by atoms with Gasteiger partial charge in [0.2, 0.25) is 0 Å². The molecule has 0 aliphatic rings. The van der Waals surface area contributed by atoms with E-state index in [9.17, 15) is 9.59 Å². The van der Waals surface area contributed by atoms with Gasteiger partial charge in [-0.15, -0.1) is 0 Å². The Morgan fingerprint density at radius 3 is 0.758 bits per heavy atom. The zero-order valence-electron chi connectivity index (χ0n) is 40.3. The predicted octanol–water partition coefficient (Wildman–Crippen LogP) is 4.54. The van der Waals surface area contributed by atoms with Gasteiger partial charge >= 0.3 is 12.1 Å². The number of methoxy groups -OCH3 is 2. The molecule has 386 valence electrons. The molecule has 1 aromatic rings. The molecule has 0 fully saturated rings. The van der Waals surface area contributed by atoms with Crippen molar-refractivity contribution in [3.05, 3.63) is 24.3 Å². The van der Waals surface area contributed by atoms with Crippen LogP contribution in [-0.2, 0) is 66.3 Å². The van der Waals surface area contributed by atoms with Gasteiger partial charge in [-0.2, -0.15) is 0 Å². The fourth-order valence-corrected chi connectivity index (χ4v) is 5.44. The molecule has 0 radical (unpaired) electrons. The van der Waals surface area contributed by atoms with Crippen LogP contribution in [0, 0.1) is 0 Å². The summed E-state index contributed by atoms with van der Waals surface area (Å²) in [6.45, 7) is 15.4. The Bertz CT molecular complexity index is 1080. The highest BCUT2D eigenvalue weighted by Gasteiger charge is 2.05. The molecule has 0 aromatic heterocycles. The zero-order valence-corrected chi connectivity index (χ0v) is 40.3. The number of hydrogen-bond donors (Lipinski definition) is 4. The van der Waals surface area contributed by atoms with Crippen LogP contribution in [0.5, 0.6) is 0 Å².